The molecule has 2 aromatic heterocycles. The molecule has 1 N–H and O–H groups in total. The Morgan fingerprint density at radius 3 is 2.51 bits per heavy atom. The maximum absolute atomic E-state index is 13.3. The van der Waals surface area contributed by atoms with Gasteiger partial charge in [-0.2, -0.15) is 13.2 Å². The summed E-state index contributed by atoms with van der Waals surface area (Å²) in [6.07, 6.45) is -4.18. The van der Waals surface area contributed by atoms with Crippen LogP contribution in [0.4, 0.5) is 23.8 Å². The summed E-state index contributed by atoms with van der Waals surface area (Å²) in [5.74, 6) is 0.875. The first kappa shape index (κ1) is 27.0. The number of rotatable bonds is 4. The summed E-state index contributed by atoms with van der Waals surface area (Å²) in [5, 5.41) is 3.31. The van der Waals surface area contributed by atoms with E-state index in [1.165, 1.54) is 7.11 Å². The van der Waals surface area contributed by atoms with Crippen molar-refractivity contribution in [3.8, 4) is 17.1 Å². The van der Waals surface area contributed by atoms with Crippen molar-refractivity contribution in [3.05, 3.63) is 27.9 Å². The second-order valence-electron chi connectivity index (χ2n) is 9.93. The maximum atomic E-state index is 13.3. The van der Waals surface area contributed by atoms with Crippen LogP contribution >= 0.6 is 15.9 Å². The maximum Gasteiger partial charge on any atom is 0.416 e. The van der Waals surface area contributed by atoms with Crippen molar-refractivity contribution in [1.29, 1.82) is 0 Å². The number of aromatic nitrogens is 4. The standard InChI is InChI=1S/C24H28BrF3N6O3/c1-12-9-13(24(26,27)28)10-15(36-6)16(12)20-32-19-21(33(20)5)30-17(25)18(31-19)29-14-7-8-34(11-14)22(35)37-23(2,3)4/h9-10,14H,7-8,11H2,1-6H3,(H,29,31)/t14-/m1/s1. The van der Waals surface area contributed by atoms with Crippen LogP contribution in [-0.4, -0.2) is 62.4 Å². The Morgan fingerprint density at radius 1 is 1.19 bits per heavy atom. The lowest BCUT2D eigenvalue weighted by atomic mass is 10.0. The molecule has 0 aliphatic carbocycles. The van der Waals surface area contributed by atoms with Gasteiger partial charge in [-0.15, -0.1) is 0 Å². The van der Waals surface area contributed by atoms with E-state index < -0.39 is 17.3 Å². The Balaban J connectivity index is 1.63. The average molecular weight is 585 g/mol. The highest BCUT2D eigenvalue weighted by molar-refractivity contribution is 9.10. The predicted octanol–water partition coefficient (Wildman–Crippen LogP) is 5.55. The number of halogens is 4. The highest BCUT2D eigenvalue weighted by Gasteiger charge is 2.33. The number of nitrogens with zero attached hydrogens (tertiary/aromatic N) is 5. The van der Waals surface area contributed by atoms with E-state index in [4.69, 9.17) is 9.47 Å². The minimum Gasteiger partial charge on any atom is -0.496 e. The van der Waals surface area contributed by atoms with Gasteiger partial charge in [-0.1, -0.05) is 0 Å². The first-order chi connectivity index (χ1) is 17.2. The van der Waals surface area contributed by atoms with Crippen molar-refractivity contribution in [3.63, 3.8) is 0 Å². The fourth-order valence-electron chi connectivity index (χ4n) is 4.22. The second kappa shape index (κ2) is 9.66. The summed E-state index contributed by atoms with van der Waals surface area (Å²) < 4.78 is 52.8. The quantitative estimate of drug-likeness (QED) is 0.429. The summed E-state index contributed by atoms with van der Waals surface area (Å²) in [7, 11) is 3.03. The van der Waals surface area contributed by atoms with Crippen LogP contribution < -0.4 is 10.1 Å². The molecule has 0 unspecified atom stereocenters. The molecular formula is C24H28BrF3N6O3. The number of fused-ring (bicyclic) bond motifs is 1. The van der Waals surface area contributed by atoms with E-state index in [0.29, 0.717) is 58.2 Å². The molecule has 3 heterocycles. The van der Waals surface area contributed by atoms with E-state index in [-0.39, 0.29) is 17.9 Å². The average Bonchev–Trinajstić information content (AvgIpc) is 3.37. The van der Waals surface area contributed by atoms with Gasteiger partial charge in [0.15, 0.2) is 21.7 Å². The minimum atomic E-state index is -4.50. The lowest BCUT2D eigenvalue weighted by Crippen LogP contribution is -2.36. The molecule has 13 heteroatoms. The Kier molecular flexibility index (Phi) is 7.04. The smallest absolute Gasteiger partial charge is 0.416 e. The third kappa shape index (κ3) is 5.60. The molecule has 1 amide bonds. The molecule has 0 saturated carbocycles. The number of hydrogen-bond acceptors (Lipinski definition) is 7. The molecule has 1 aromatic carbocycles. The number of hydrogen-bond donors (Lipinski definition) is 1. The normalized spacial score (nSPS) is 16.4. The third-order valence-corrected chi connectivity index (χ3v) is 6.47. The first-order valence-electron chi connectivity index (χ1n) is 11.6. The van der Waals surface area contributed by atoms with E-state index in [0.717, 1.165) is 12.1 Å². The molecule has 3 aromatic rings. The van der Waals surface area contributed by atoms with Crippen LogP contribution in [0.25, 0.3) is 22.7 Å². The van der Waals surface area contributed by atoms with Gasteiger partial charge in [0.2, 0.25) is 0 Å². The van der Waals surface area contributed by atoms with Crippen molar-refractivity contribution < 1.29 is 27.4 Å². The molecule has 0 radical (unpaired) electrons. The van der Waals surface area contributed by atoms with Crippen molar-refractivity contribution in [2.24, 2.45) is 7.05 Å². The third-order valence-electron chi connectivity index (χ3n) is 5.92. The van der Waals surface area contributed by atoms with Gasteiger partial charge in [-0.3, -0.25) is 0 Å². The fraction of sp³-hybridized carbons (Fsp3) is 0.500. The zero-order valence-corrected chi connectivity index (χ0v) is 22.9. The van der Waals surface area contributed by atoms with Crippen LogP contribution in [0.3, 0.4) is 0 Å². The molecule has 4 rings (SSSR count). The van der Waals surface area contributed by atoms with Crippen LogP contribution in [0.2, 0.25) is 0 Å². The number of anilines is 1. The Bertz CT molecular complexity index is 1350. The molecule has 1 aliphatic heterocycles. The number of carbonyl (C=O) groups is 1. The minimum absolute atomic E-state index is 0.0522. The second-order valence-corrected chi connectivity index (χ2v) is 10.7. The molecular weight excluding hydrogens is 557 g/mol. The molecule has 9 nitrogen and oxygen atoms in total. The van der Waals surface area contributed by atoms with Crippen LogP contribution in [0.15, 0.2) is 16.7 Å². The summed E-state index contributed by atoms with van der Waals surface area (Å²) in [6, 6.07) is 1.95. The van der Waals surface area contributed by atoms with E-state index in [1.54, 1.807) is 23.4 Å². The van der Waals surface area contributed by atoms with Crippen LogP contribution in [-0.2, 0) is 18.0 Å². The Morgan fingerprint density at radius 2 is 1.89 bits per heavy atom. The number of nitrogens with one attached hydrogen (secondary N) is 1. The fourth-order valence-corrected chi connectivity index (χ4v) is 4.59. The van der Waals surface area contributed by atoms with Crippen molar-refractivity contribution >= 4 is 39.1 Å². The topological polar surface area (TPSA) is 94.4 Å². The van der Waals surface area contributed by atoms with Gasteiger partial charge in [0.25, 0.3) is 0 Å². The van der Waals surface area contributed by atoms with Crippen molar-refractivity contribution in [1.82, 2.24) is 24.4 Å². The summed E-state index contributed by atoms with van der Waals surface area (Å²) in [5.41, 5.74) is 0.157. The number of amides is 1. The molecule has 37 heavy (non-hydrogen) atoms. The monoisotopic (exact) mass is 584 g/mol. The molecule has 0 bridgehead atoms. The Labute approximate surface area is 220 Å². The van der Waals surface area contributed by atoms with Gasteiger partial charge in [-0.25, -0.2) is 19.7 Å². The number of carbonyl (C=O) groups excluding carboxylic acids is 1. The van der Waals surface area contributed by atoms with Crippen LogP contribution in [0.1, 0.15) is 38.3 Å². The van der Waals surface area contributed by atoms with E-state index >= 15 is 0 Å². The first-order valence-corrected chi connectivity index (χ1v) is 12.4. The van der Waals surface area contributed by atoms with E-state index in [9.17, 15) is 18.0 Å². The molecule has 1 fully saturated rings. The van der Waals surface area contributed by atoms with Gasteiger partial charge < -0.3 is 24.3 Å². The van der Waals surface area contributed by atoms with E-state index in [1.807, 2.05) is 20.8 Å². The number of imidazole rings is 1. The largest absolute Gasteiger partial charge is 0.496 e. The molecule has 1 aliphatic rings. The molecule has 200 valence electrons. The van der Waals surface area contributed by atoms with Gasteiger partial charge in [0.05, 0.1) is 18.2 Å². The van der Waals surface area contributed by atoms with Crippen molar-refractivity contribution in [2.45, 2.75) is 51.9 Å². The molecule has 1 saturated heterocycles. The van der Waals surface area contributed by atoms with Crippen LogP contribution in [0.5, 0.6) is 5.75 Å². The van der Waals surface area contributed by atoms with Gasteiger partial charge in [0, 0.05) is 26.2 Å². The van der Waals surface area contributed by atoms with Crippen molar-refractivity contribution in [2.75, 3.05) is 25.5 Å². The van der Waals surface area contributed by atoms with Gasteiger partial charge in [0.1, 0.15) is 17.2 Å². The van der Waals surface area contributed by atoms with Crippen LogP contribution in [0, 0.1) is 6.92 Å². The SMILES string of the molecule is COc1cc(C(F)(F)F)cc(C)c1-c1nc2nc(N[C@@H]3CCN(C(=O)OC(C)(C)C)C3)c(Br)nc2n1C. The highest BCUT2D eigenvalue weighted by atomic mass is 79.9. The van der Waals surface area contributed by atoms with E-state index in [2.05, 4.69) is 36.2 Å². The lowest BCUT2D eigenvalue weighted by Gasteiger charge is -2.24. The van der Waals surface area contributed by atoms with Gasteiger partial charge in [-0.05, 0) is 67.7 Å². The number of alkyl halides is 3. The zero-order valence-electron chi connectivity index (χ0n) is 21.3. The zero-order chi connectivity index (χ0) is 27.3. The number of likely N-dealkylation sites (tertiary alicyclic amines) is 1. The number of aryl methyl sites for hydroxylation is 2. The summed E-state index contributed by atoms with van der Waals surface area (Å²) >= 11 is 3.45. The number of ether oxygens (including phenoxy) is 2. The highest BCUT2D eigenvalue weighted by Crippen LogP contribution is 2.40. The Hall–Kier alpha value is -3.09. The molecule has 0 spiro atoms. The number of methoxy groups -OCH3 is 1. The molecule has 1 atom stereocenters. The summed E-state index contributed by atoms with van der Waals surface area (Å²) in [4.78, 5) is 27.8. The summed E-state index contributed by atoms with van der Waals surface area (Å²) in [6.45, 7) is 8.02. The van der Waals surface area contributed by atoms with Gasteiger partial charge >= 0.3 is 12.3 Å². The predicted molar refractivity (Wildman–Crippen MR) is 136 cm³/mol. The number of benzene rings is 1. The lowest BCUT2D eigenvalue weighted by molar-refractivity contribution is -0.137.